The summed E-state index contributed by atoms with van der Waals surface area (Å²) in [5.41, 5.74) is 1.09. The Morgan fingerprint density at radius 1 is 1.53 bits per heavy atom. The van der Waals surface area contributed by atoms with Crippen molar-refractivity contribution in [2.45, 2.75) is 5.38 Å². The predicted molar refractivity (Wildman–Crippen MR) is 67.3 cm³/mol. The molecule has 2 nitrogen and oxygen atoms in total. The third-order valence-corrected chi connectivity index (χ3v) is 3.05. The Balaban J connectivity index is 2.56. The van der Waals surface area contributed by atoms with Crippen LogP contribution in [0, 0.1) is 0 Å². The average Bonchev–Trinajstić information content (AvgIpc) is 2.18. The number of alkyl halides is 1. The van der Waals surface area contributed by atoms with E-state index in [1.54, 1.807) is 0 Å². The van der Waals surface area contributed by atoms with Crippen molar-refractivity contribution in [2.75, 3.05) is 26.7 Å². The predicted octanol–water partition coefficient (Wildman–Crippen LogP) is 2.65. The van der Waals surface area contributed by atoms with Crippen molar-refractivity contribution in [3.8, 4) is 0 Å². The number of halogens is 2. The van der Waals surface area contributed by atoms with Crippen LogP contribution in [0.15, 0.2) is 28.7 Å². The highest BCUT2D eigenvalue weighted by Crippen LogP contribution is 2.23. The van der Waals surface area contributed by atoms with Crippen molar-refractivity contribution in [1.29, 1.82) is 0 Å². The Kier molecular flexibility index (Phi) is 5.61. The summed E-state index contributed by atoms with van der Waals surface area (Å²) in [5.74, 6) is 0. The van der Waals surface area contributed by atoms with Crippen LogP contribution < -0.4 is 0 Å². The molecule has 0 aliphatic carbocycles. The lowest BCUT2D eigenvalue weighted by Crippen LogP contribution is -2.25. The number of aliphatic hydroxyl groups excluding tert-OH is 1. The molecule has 0 bridgehead atoms. The number of benzene rings is 1. The van der Waals surface area contributed by atoms with Gasteiger partial charge in [-0.15, -0.1) is 11.6 Å². The second kappa shape index (κ2) is 6.48. The minimum atomic E-state index is -0.0425. The molecule has 1 N–H and O–H groups in total. The largest absolute Gasteiger partial charge is 0.395 e. The van der Waals surface area contributed by atoms with Gasteiger partial charge < -0.3 is 10.0 Å². The highest BCUT2D eigenvalue weighted by Gasteiger charge is 2.10. The summed E-state index contributed by atoms with van der Waals surface area (Å²) in [7, 11) is 1.95. The highest BCUT2D eigenvalue weighted by atomic mass is 79.9. The molecule has 1 aromatic carbocycles. The van der Waals surface area contributed by atoms with Gasteiger partial charge in [-0.2, -0.15) is 0 Å². The van der Waals surface area contributed by atoms with E-state index in [2.05, 4.69) is 15.9 Å². The number of nitrogens with zero attached hydrogens (tertiary/aromatic N) is 1. The monoisotopic (exact) mass is 291 g/mol. The molecule has 4 heteroatoms. The van der Waals surface area contributed by atoms with E-state index in [0.717, 1.165) is 16.6 Å². The molecule has 0 aliphatic rings. The van der Waals surface area contributed by atoms with Gasteiger partial charge in [-0.25, -0.2) is 0 Å². The summed E-state index contributed by atoms with van der Waals surface area (Å²) in [4.78, 5) is 2.01. The van der Waals surface area contributed by atoms with E-state index >= 15 is 0 Å². The first kappa shape index (κ1) is 13.0. The van der Waals surface area contributed by atoms with Crippen molar-refractivity contribution in [1.82, 2.24) is 4.90 Å². The Labute approximate surface area is 104 Å². The zero-order valence-corrected chi connectivity index (χ0v) is 11.0. The van der Waals surface area contributed by atoms with E-state index < -0.39 is 0 Å². The summed E-state index contributed by atoms with van der Waals surface area (Å²) >= 11 is 9.68. The Hall–Kier alpha value is -0.0900. The van der Waals surface area contributed by atoms with Gasteiger partial charge in [-0.05, 0) is 24.7 Å². The second-order valence-electron chi connectivity index (χ2n) is 3.51. The summed E-state index contributed by atoms with van der Waals surface area (Å²) in [6.07, 6.45) is 0. The molecule has 1 unspecified atom stereocenters. The first-order valence-electron chi connectivity index (χ1n) is 4.82. The first-order chi connectivity index (χ1) is 7.13. The topological polar surface area (TPSA) is 23.5 Å². The summed E-state index contributed by atoms with van der Waals surface area (Å²) in [5, 5.41) is 8.73. The quantitative estimate of drug-likeness (QED) is 0.844. The van der Waals surface area contributed by atoms with Gasteiger partial charge in [0.1, 0.15) is 0 Å². The third kappa shape index (κ3) is 4.51. The van der Waals surface area contributed by atoms with E-state index in [4.69, 9.17) is 16.7 Å². The maximum absolute atomic E-state index is 8.77. The smallest absolute Gasteiger partial charge is 0.0712 e. The zero-order valence-electron chi connectivity index (χ0n) is 8.66. The van der Waals surface area contributed by atoms with Gasteiger partial charge in [0, 0.05) is 17.6 Å². The summed E-state index contributed by atoms with van der Waals surface area (Å²) < 4.78 is 1.04. The van der Waals surface area contributed by atoms with Crippen LogP contribution in [0.3, 0.4) is 0 Å². The van der Waals surface area contributed by atoms with Gasteiger partial charge in [0.25, 0.3) is 0 Å². The number of hydrogen-bond donors (Lipinski definition) is 1. The molecule has 0 radical (unpaired) electrons. The number of rotatable bonds is 5. The van der Waals surface area contributed by atoms with Crippen molar-refractivity contribution >= 4 is 27.5 Å². The fourth-order valence-electron chi connectivity index (χ4n) is 1.34. The van der Waals surface area contributed by atoms with E-state index in [0.29, 0.717) is 6.54 Å². The average molecular weight is 293 g/mol. The summed E-state index contributed by atoms with van der Waals surface area (Å²) in [6, 6.07) is 7.98. The lowest BCUT2D eigenvalue weighted by molar-refractivity contribution is 0.221. The van der Waals surface area contributed by atoms with Crippen LogP contribution in [0.1, 0.15) is 10.9 Å². The standard InChI is InChI=1S/C11H15BrClNO/c1-14(5-6-15)8-11(13)9-3-2-4-10(12)7-9/h2-4,7,11,15H,5-6,8H2,1H3. The molecular weight excluding hydrogens is 277 g/mol. The van der Waals surface area contributed by atoms with Gasteiger partial charge in [0.05, 0.1) is 12.0 Å². The second-order valence-corrected chi connectivity index (χ2v) is 4.95. The van der Waals surface area contributed by atoms with E-state index in [-0.39, 0.29) is 12.0 Å². The van der Waals surface area contributed by atoms with Crippen molar-refractivity contribution in [3.63, 3.8) is 0 Å². The Morgan fingerprint density at radius 2 is 2.27 bits per heavy atom. The molecular formula is C11H15BrClNO. The van der Waals surface area contributed by atoms with Gasteiger partial charge >= 0.3 is 0 Å². The number of likely N-dealkylation sites (N-methyl/N-ethyl adjacent to an activating group) is 1. The van der Waals surface area contributed by atoms with Gasteiger partial charge in [-0.3, -0.25) is 0 Å². The van der Waals surface area contributed by atoms with Crippen LogP contribution in [-0.2, 0) is 0 Å². The van der Waals surface area contributed by atoms with Crippen LogP contribution in [-0.4, -0.2) is 36.8 Å². The summed E-state index contributed by atoms with van der Waals surface area (Å²) in [6.45, 7) is 1.55. The normalized spacial score (nSPS) is 13.1. The molecule has 84 valence electrons. The third-order valence-electron chi connectivity index (χ3n) is 2.16. The molecule has 1 rings (SSSR count). The molecule has 0 aromatic heterocycles. The lowest BCUT2D eigenvalue weighted by atomic mass is 10.1. The molecule has 0 amide bonds. The first-order valence-corrected chi connectivity index (χ1v) is 6.05. The minimum absolute atomic E-state index is 0.0425. The molecule has 0 heterocycles. The molecule has 1 atom stereocenters. The van der Waals surface area contributed by atoms with Crippen LogP contribution in [0.5, 0.6) is 0 Å². The fraction of sp³-hybridized carbons (Fsp3) is 0.455. The fourth-order valence-corrected chi connectivity index (χ4v) is 2.13. The van der Waals surface area contributed by atoms with Crippen LogP contribution in [0.4, 0.5) is 0 Å². The van der Waals surface area contributed by atoms with Crippen LogP contribution in [0.2, 0.25) is 0 Å². The number of aliphatic hydroxyl groups is 1. The van der Waals surface area contributed by atoms with Gasteiger partial charge in [-0.1, -0.05) is 28.1 Å². The zero-order chi connectivity index (χ0) is 11.3. The minimum Gasteiger partial charge on any atom is -0.395 e. The van der Waals surface area contributed by atoms with Crippen molar-refractivity contribution in [3.05, 3.63) is 34.3 Å². The number of hydrogen-bond acceptors (Lipinski definition) is 2. The Bertz CT molecular complexity index is 308. The lowest BCUT2D eigenvalue weighted by Gasteiger charge is -2.19. The van der Waals surface area contributed by atoms with Gasteiger partial charge in [0.15, 0.2) is 0 Å². The molecule has 0 aliphatic heterocycles. The van der Waals surface area contributed by atoms with E-state index in [1.807, 2.05) is 36.2 Å². The maximum atomic E-state index is 8.77. The molecule has 0 saturated heterocycles. The Morgan fingerprint density at radius 3 is 2.87 bits per heavy atom. The molecule has 0 fully saturated rings. The van der Waals surface area contributed by atoms with Crippen molar-refractivity contribution in [2.24, 2.45) is 0 Å². The van der Waals surface area contributed by atoms with Crippen LogP contribution in [0.25, 0.3) is 0 Å². The van der Waals surface area contributed by atoms with Gasteiger partial charge in [0.2, 0.25) is 0 Å². The molecule has 15 heavy (non-hydrogen) atoms. The molecule has 0 saturated carbocycles. The molecule has 1 aromatic rings. The molecule has 0 spiro atoms. The van der Waals surface area contributed by atoms with E-state index in [9.17, 15) is 0 Å². The maximum Gasteiger partial charge on any atom is 0.0712 e. The van der Waals surface area contributed by atoms with Crippen LogP contribution >= 0.6 is 27.5 Å². The SMILES string of the molecule is CN(CCO)CC(Cl)c1cccc(Br)c1. The van der Waals surface area contributed by atoms with Crippen molar-refractivity contribution < 1.29 is 5.11 Å². The highest BCUT2D eigenvalue weighted by molar-refractivity contribution is 9.10. The van der Waals surface area contributed by atoms with E-state index in [1.165, 1.54) is 0 Å².